The number of aliphatic imine (C=N–C) groups is 1. The van der Waals surface area contributed by atoms with Crippen LogP contribution in [0.15, 0.2) is 23.2 Å². The van der Waals surface area contributed by atoms with Crippen LogP contribution in [-0.4, -0.2) is 64.1 Å². The maximum absolute atomic E-state index is 13.5. The van der Waals surface area contributed by atoms with Gasteiger partial charge < -0.3 is 25.0 Å². The first-order valence-electron chi connectivity index (χ1n) is 10.7. The molecule has 0 spiro atoms. The van der Waals surface area contributed by atoms with Gasteiger partial charge in [0.1, 0.15) is 5.82 Å². The topological polar surface area (TPSA) is 58.1 Å². The maximum Gasteiger partial charge on any atom is 0.191 e. The van der Waals surface area contributed by atoms with Gasteiger partial charge in [-0.25, -0.2) is 4.39 Å². The minimum Gasteiger partial charge on any atom is -0.381 e. The van der Waals surface area contributed by atoms with Crippen LogP contribution in [0.2, 0.25) is 0 Å². The number of methoxy groups -OCH3 is 1. The quantitative estimate of drug-likeness (QED) is 0.333. The largest absolute Gasteiger partial charge is 0.381 e. The minimum atomic E-state index is -0.232. The third-order valence-corrected chi connectivity index (χ3v) is 5.97. The van der Waals surface area contributed by atoms with Crippen molar-refractivity contribution in [1.82, 2.24) is 10.6 Å². The van der Waals surface area contributed by atoms with Gasteiger partial charge in [-0.1, -0.05) is 0 Å². The van der Waals surface area contributed by atoms with E-state index in [0.29, 0.717) is 12.6 Å². The molecule has 30 heavy (non-hydrogen) atoms. The zero-order chi connectivity index (χ0) is 20.7. The molecule has 2 fully saturated rings. The summed E-state index contributed by atoms with van der Waals surface area (Å²) in [5, 5.41) is 6.97. The molecule has 0 amide bonds. The third kappa shape index (κ3) is 6.68. The standard InChI is InChI=1S/C22H35FN4O2.HI/c1-4-24-21(25-16-22(28-3)9-12-29-13-10-22)26-19-6-5-11-27(15-19)20-8-7-18(23)14-17(20)2;/h7-8,14,19H,4-6,9-13,15-16H2,1-3H3,(H2,24,25,26);1H. The Balaban J connectivity index is 0.00000320. The number of guanidine groups is 1. The Kier molecular flexibility index (Phi) is 10.1. The molecule has 0 aromatic heterocycles. The Labute approximate surface area is 197 Å². The van der Waals surface area contributed by atoms with Crippen LogP contribution in [0.5, 0.6) is 0 Å². The van der Waals surface area contributed by atoms with Crippen LogP contribution in [0, 0.1) is 12.7 Å². The molecule has 170 valence electrons. The number of piperidine rings is 1. The molecule has 8 heteroatoms. The number of hydrogen-bond donors (Lipinski definition) is 2. The molecule has 0 saturated carbocycles. The molecule has 0 bridgehead atoms. The van der Waals surface area contributed by atoms with E-state index in [2.05, 4.69) is 22.5 Å². The molecule has 2 aliphatic rings. The number of benzene rings is 1. The Hall–Kier alpha value is -1.13. The van der Waals surface area contributed by atoms with E-state index in [1.165, 1.54) is 0 Å². The fraction of sp³-hybridized carbons (Fsp3) is 0.682. The Bertz CT molecular complexity index is 698. The second-order valence-corrected chi connectivity index (χ2v) is 8.05. The van der Waals surface area contributed by atoms with Gasteiger partial charge in [0.2, 0.25) is 0 Å². The van der Waals surface area contributed by atoms with E-state index in [1.54, 1.807) is 19.2 Å². The summed E-state index contributed by atoms with van der Waals surface area (Å²) >= 11 is 0. The number of nitrogens with one attached hydrogen (secondary N) is 2. The Morgan fingerprint density at radius 3 is 2.80 bits per heavy atom. The van der Waals surface area contributed by atoms with Crippen molar-refractivity contribution in [2.24, 2.45) is 4.99 Å². The number of nitrogens with zero attached hydrogens (tertiary/aromatic N) is 2. The van der Waals surface area contributed by atoms with E-state index in [0.717, 1.165) is 75.7 Å². The lowest BCUT2D eigenvalue weighted by Crippen LogP contribution is -2.52. The van der Waals surface area contributed by atoms with Crippen molar-refractivity contribution in [3.05, 3.63) is 29.6 Å². The van der Waals surface area contributed by atoms with Crippen molar-refractivity contribution in [2.75, 3.05) is 51.4 Å². The average molecular weight is 534 g/mol. The normalized spacial score (nSPS) is 21.7. The van der Waals surface area contributed by atoms with E-state index < -0.39 is 0 Å². The van der Waals surface area contributed by atoms with E-state index in [1.807, 2.05) is 13.0 Å². The molecular weight excluding hydrogens is 498 g/mol. The summed E-state index contributed by atoms with van der Waals surface area (Å²) < 4.78 is 24.8. The van der Waals surface area contributed by atoms with Gasteiger partial charge in [-0.05, 0) is 50.5 Å². The zero-order valence-electron chi connectivity index (χ0n) is 18.4. The predicted molar refractivity (Wildman–Crippen MR) is 131 cm³/mol. The number of aryl methyl sites for hydroxylation is 1. The highest BCUT2D eigenvalue weighted by Gasteiger charge is 2.32. The highest BCUT2D eigenvalue weighted by molar-refractivity contribution is 14.0. The first-order valence-corrected chi connectivity index (χ1v) is 10.7. The van der Waals surface area contributed by atoms with Crippen LogP contribution in [0.1, 0.15) is 38.2 Å². The van der Waals surface area contributed by atoms with Gasteiger partial charge in [0.25, 0.3) is 0 Å². The third-order valence-electron chi connectivity index (χ3n) is 5.97. The molecule has 1 atom stereocenters. The predicted octanol–water partition coefficient (Wildman–Crippen LogP) is 3.47. The molecule has 2 saturated heterocycles. The molecule has 2 heterocycles. The first-order chi connectivity index (χ1) is 14.0. The van der Waals surface area contributed by atoms with Gasteiger partial charge >= 0.3 is 0 Å². The van der Waals surface area contributed by atoms with E-state index >= 15 is 0 Å². The molecule has 0 radical (unpaired) electrons. The fourth-order valence-electron chi connectivity index (χ4n) is 4.19. The molecule has 2 N–H and O–H groups in total. The summed E-state index contributed by atoms with van der Waals surface area (Å²) in [4.78, 5) is 7.19. The second-order valence-electron chi connectivity index (χ2n) is 8.05. The van der Waals surface area contributed by atoms with Crippen LogP contribution in [-0.2, 0) is 9.47 Å². The molecule has 1 aromatic rings. The molecule has 6 nitrogen and oxygen atoms in total. The number of ether oxygens (including phenoxy) is 2. The molecular formula is C22H36FIN4O2. The smallest absolute Gasteiger partial charge is 0.191 e. The Morgan fingerprint density at radius 1 is 1.37 bits per heavy atom. The molecule has 1 aromatic carbocycles. The van der Waals surface area contributed by atoms with Crippen LogP contribution in [0.3, 0.4) is 0 Å². The molecule has 0 aliphatic carbocycles. The van der Waals surface area contributed by atoms with Gasteiger partial charge in [-0.3, -0.25) is 4.99 Å². The lowest BCUT2D eigenvalue weighted by molar-refractivity contribution is -0.0828. The molecule has 3 rings (SSSR count). The van der Waals surface area contributed by atoms with Crippen molar-refractivity contribution in [2.45, 2.75) is 51.2 Å². The van der Waals surface area contributed by atoms with E-state index in [4.69, 9.17) is 14.5 Å². The zero-order valence-corrected chi connectivity index (χ0v) is 20.7. The Morgan fingerprint density at radius 2 is 2.13 bits per heavy atom. The minimum absolute atomic E-state index is 0. The van der Waals surface area contributed by atoms with E-state index in [-0.39, 0.29) is 35.4 Å². The van der Waals surface area contributed by atoms with Gasteiger partial charge in [0.05, 0.1) is 12.1 Å². The van der Waals surface area contributed by atoms with Crippen molar-refractivity contribution in [3.8, 4) is 0 Å². The summed E-state index contributed by atoms with van der Waals surface area (Å²) in [6.07, 6.45) is 3.92. The van der Waals surface area contributed by atoms with Crippen molar-refractivity contribution >= 4 is 35.6 Å². The highest BCUT2D eigenvalue weighted by atomic mass is 127. The van der Waals surface area contributed by atoms with Crippen LogP contribution in [0.25, 0.3) is 0 Å². The van der Waals surface area contributed by atoms with Gasteiger partial charge in [-0.2, -0.15) is 0 Å². The van der Waals surface area contributed by atoms with Crippen molar-refractivity contribution in [1.29, 1.82) is 0 Å². The maximum atomic E-state index is 13.5. The SMILES string of the molecule is CCNC(=NCC1(OC)CCOCC1)NC1CCCN(c2ccc(F)cc2C)C1.I. The monoisotopic (exact) mass is 534 g/mol. The summed E-state index contributed by atoms with van der Waals surface area (Å²) in [5.74, 6) is 0.651. The van der Waals surface area contributed by atoms with Crippen LogP contribution >= 0.6 is 24.0 Å². The van der Waals surface area contributed by atoms with Gasteiger partial charge in [0.15, 0.2) is 5.96 Å². The summed E-state index contributed by atoms with van der Waals surface area (Å²) in [7, 11) is 1.77. The van der Waals surface area contributed by atoms with Crippen LogP contribution in [0.4, 0.5) is 10.1 Å². The van der Waals surface area contributed by atoms with Crippen LogP contribution < -0.4 is 15.5 Å². The van der Waals surface area contributed by atoms with E-state index in [9.17, 15) is 4.39 Å². The first kappa shape index (κ1) is 25.1. The fourth-order valence-corrected chi connectivity index (χ4v) is 4.19. The van der Waals surface area contributed by atoms with Crippen molar-refractivity contribution in [3.63, 3.8) is 0 Å². The highest BCUT2D eigenvalue weighted by Crippen LogP contribution is 2.26. The summed E-state index contributed by atoms with van der Waals surface area (Å²) in [6.45, 7) is 8.79. The number of anilines is 1. The lowest BCUT2D eigenvalue weighted by Gasteiger charge is -2.37. The average Bonchev–Trinajstić information content (AvgIpc) is 2.73. The second kappa shape index (κ2) is 12.0. The van der Waals surface area contributed by atoms with Crippen molar-refractivity contribution < 1.29 is 13.9 Å². The summed E-state index contributed by atoms with van der Waals surface area (Å²) in [6, 6.07) is 5.33. The number of hydrogen-bond acceptors (Lipinski definition) is 4. The summed E-state index contributed by atoms with van der Waals surface area (Å²) in [5.41, 5.74) is 1.86. The molecule has 2 aliphatic heterocycles. The number of rotatable bonds is 6. The van der Waals surface area contributed by atoms with Gasteiger partial charge in [0, 0.05) is 64.5 Å². The lowest BCUT2D eigenvalue weighted by atomic mass is 9.94. The molecule has 1 unspecified atom stereocenters. The number of halogens is 2. The van der Waals surface area contributed by atoms with Gasteiger partial charge in [-0.15, -0.1) is 24.0 Å².